The molecule has 0 saturated heterocycles. The molecule has 0 radical (unpaired) electrons. The fraction of sp³-hybridized carbons (Fsp3) is 0.714. The van der Waals surface area contributed by atoms with E-state index in [4.69, 9.17) is 0 Å². The van der Waals surface area contributed by atoms with E-state index in [1.54, 1.807) is 0 Å². The smallest absolute Gasteiger partial charge is 0.233 e. The largest absolute Gasteiger partial charge is 0.355 e. The van der Waals surface area contributed by atoms with Crippen LogP contribution >= 0.6 is 24.8 Å². The number of halogens is 2. The lowest BCUT2D eigenvalue weighted by molar-refractivity contribution is -0.120. The number of nitrogens with zero attached hydrogens (tertiary/aromatic N) is 2. The summed E-state index contributed by atoms with van der Waals surface area (Å²) in [6, 6.07) is 0. The first-order valence-electron chi connectivity index (χ1n) is 7.10. The van der Waals surface area contributed by atoms with Crippen molar-refractivity contribution in [3.8, 4) is 0 Å². The number of hydrogen-bond donors (Lipinski definition) is 2. The summed E-state index contributed by atoms with van der Waals surface area (Å²) in [7, 11) is 0. The van der Waals surface area contributed by atoms with Crippen LogP contribution in [-0.2, 0) is 11.3 Å². The molecule has 5 nitrogen and oxygen atoms in total. The van der Waals surface area contributed by atoms with Gasteiger partial charge in [0.1, 0.15) is 5.82 Å². The second kappa shape index (κ2) is 10.0. The third-order valence-corrected chi connectivity index (χ3v) is 3.50. The predicted octanol–water partition coefficient (Wildman–Crippen LogP) is 1.79. The molecule has 1 aliphatic rings. The van der Waals surface area contributed by atoms with Gasteiger partial charge in [-0.1, -0.05) is 6.92 Å². The van der Waals surface area contributed by atoms with E-state index < -0.39 is 0 Å². The van der Waals surface area contributed by atoms with Gasteiger partial charge in [-0.25, -0.2) is 4.98 Å². The molecule has 1 amide bonds. The lowest BCUT2D eigenvalue weighted by Gasteiger charge is -2.14. The van der Waals surface area contributed by atoms with E-state index in [0.717, 1.165) is 24.8 Å². The molecule has 1 atom stereocenters. The number of aryl methyl sites for hydroxylation is 1. The normalized spacial score (nSPS) is 14.8. The highest BCUT2D eigenvalue weighted by Crippen LogP contribution is 2.27. The first-order valence-corrected chi connectivity index (χ1v) is 7.10. The van der Waals surface area contributed by atoms with Crippen LogP contribution in [0.1, 0.15) is 25.6 Å². The van der Waals surface area contributed by atoms with Crippen LogP contribution < -0.4 is 10.6 Å². The Hall–Kier alpha value is -0.780. The second-order valence-electron chi connectivity index (χ2n) is 5.61. The van der Waals surface area contributed by atoms with Crippen molar-refractivity contribution in [3.63, 3.8) is 0 Å². The van der Waals surface area contributed by atoms with E-state index in [2.05, 4.69) is 27.1 Å². The van der Waals surface area contributed by atoms with Gasteiger partial charge in [-0.15, -0.1) is 24.8 Å². The van der Waals surface area contributed by atoms with E-state index in [-0.39, 0.29) is 30.7 Å². The number of carbonyl (C=O) groups is 1. The third kappa shape index (κ3) is 7.69. The molecular weight excluding hydrogens is 311 g/mol. The van der Waals surface area contributed by atoms with Gasteiger partial charge in [0.2, 0.25) is 5.91 Å². The Morgan fingerprint density at radius 3 is 2.76 bits per heavy atom. The minimum atomic E-state index is 0. The summed E-state index contributed by atoms with van der Waals surface area (Å²) in [5.41, 5.74) is 0. The van der Waals surface area contributed by atoms with E-state index in [1.165, 1.54) is 12.8 Å². The molecule has 1 unspecified atom stereocenters. The summed E-state index contributed by atoms with van der Waals surface area (Å²) in [5.74, 6) is 2.33. The average molecular weight is 337 g/mol. The average Bonchev–Trinajstić information content (AvgIpc) is 3.11. The molecule has 2 rings (SSSR count). The van der Waals surface area contributed by atoms with Gasteiger partial charge in [0.05, 0.1) is 6.54 Å². The molecule has 1 aliphatic carbocycles. The SMILES string of the molecule is Cc1nccn1CC(C)CNC(=O)CNCC1CC1.Cl.Cl. The molecule has 1 aromatic rings. The molecule has 0 aliphatic heterocycles. The van der Waals surface area contributed by atoms with Gasteiger partial charge in [0.25, 0.3) is 0 Å². The zero-order valence-electron chi connectivity index (χ0n) is 12.7. The highest BCUT2D eigenvalue weighted by atomic mass is 35.5. The molecule has 0 spiro atoms. The number of imidazole rings is 1. The van der Waals surface area contributed by atoms with Crippen LogP contribution in [-0.4, -0.2) is 35.1 Å². The fourth-order valence-corrected chi connectivity index (χ4v) is 2.06. The highest BCUT2D eigenvalue weighted by molar-refractivity contribution is 5.85. The Balaban J connectivity index is 0.00000200. The molecule has 21 heavy (non-hydrogen) atoms. The van der Waals surface area contributed by atoms with Crippen LogP contribution in [0.25, 0.3) is 0 Å². The number of aromatic nitrogens is 2. The highest BCUT2D eigenvalue weighted by Gasteiger charge is 2.20. The van der Waals surface area contributed by atoms with Gasteiger partial charge >= 0.3 is 0 Å². The van der Waals surface area contributed by atoms with Crippen LogP contribution in [0.5, 0.6) is 0 Å². The summed E-state index contributed by atoms with van der Waals surface area (Å²) >= 11 is 0. The second-order valence-corrected chi connectivity index (χ2v) is 5.61. The zero-order chi connectivity index (χ0) is 13.7. The van der Waals surface area contributed by atoms with Gasteiger partial charge in [-0.3, -0.25) is 4.79 Å². The molecule has 1 saturated carbocycles. The lowest BCUT2D eigenvalue weighted by atomic mass is 10.2. The molecule has 0 aromatic carbocycles. The van der Waals surface area contributed by atoms with Gasteiger partial charge in [-0.05, 0) is 38.1 Å². The van der Waals surface area contributed by atoms with Crippen molar-refractivity contribution in [2.75, 3.05) is 19.6 Å². The van der Waals surface area contributed by atoms with Crippen LogP contribution in [0.3, 0.4) is 0 Å². The molecule has 7 heteroatoms. The van der Waals surface area contributed by atoms with E-state index in [1.807, 2.05) is 19.3 Å². The first kappa shape index (κ1) is 20.2. The zero-order valence-corrected chi connectivity index (χ0v) is 14.3. The quantitative estimate of drug-likeness (QED) is 0.760. The first-order chi connectivity index (χ1) is 9.15. The molecule has 122 valence electrons. The molecule has 1 fully saturated rings. The van der Waals surface area contributed by atoms with Crippen LogP contribution in [0.2, 0.25) is 0 Å². The summed E-state index contributed by atoms with van der Waals surface area (Å²) in [4.78, 5) is 15.8. The maximum atomic E-state index is 11.6. The van der Waals surface area contributed by atoms with E-state index in [9.17, 15) is 4.79 Å². The van der Waals surface area contributed by atoms with Crippen molar-refractivity contribution in [2.45, 2.75) is 33.2 Å². The van der Waals surface area contributed by atoms with Gasteiger partial charge < -0.3 is 15.2 Å². The van der Waals surface area contributed by atoms with E-state index in [0.29, 0.717) is 19.0 Å². The lowest BCUT2D eigenvalue weighted by Crippen LogP contribution is -2.37. The van der Waals surface area contributed by atoms with Gasteiger partial charge in [0.15, 0.2) is 0 Å². The Bertz CT molecular complexity index is 421. The Kier molecular flexibility index (Phi) is 9.66. The number of rotatable bonds is 8. The number of hydrogen-bond acceptors (Lipinski definition) is 3. The fourth-order valence-electron chi connectivity index (χ4n) is 2.06. The maximum absolute atomic E-state index is 11.6. The number of carbonyl (C=O) groups excluding carboxylic acids is 1. The topological polar surface area (TPSA) is 59.0 Å². The Morgan fingerprint density at radius 1 is 1.48 bits per heavy atom. The molecule has 0 bridgehead atoms. The van der Waals surface area contributed by atoms with Crippen molar-refractivity contribution >= 4 is 30.7 Å². The van der Waals surface area contributed by atoms with Crippen molar-refractivity contribution in [3.05, 3.63) is 18.2 Å². The standard InChI is InChI=1S/C14H24N4O.2ClH/c1-11(10-18-6-5-16-12(18)2)7-17-14(19)9-15-8-13-3-4-13;;/h5-6,11,13,15H,3-4,7-10H2,1-2H3,(H,17,19);2*1H. The third-order valence-electron chi connectivity index (χ3n) is 3.50. The summed E-state index contributed by atoms with van der Waals surface area (Å²) < 4.78 is 2.11. The van der Waals surface area contributed by atoms with Crippen molar-refractivity contribution in [1.82, 2.24) is 20.2 Å². The van der Waals surface area contributed by atoms with Gasteiger partial charge in [-0.2, -0.15) is 0 Å². The van der Waals surface area contributed by atoms with Crippen molar-refractivity contribution in [2.24, 2.45) is 11.8 Å². The monoisotopic (exact) mass is 336 g/mol. The molecule has 2 N–H and O–H groups in total. The van der Waals surface area contributed by atoms with Crippen LogP contribution in [0.4, 0.5) is 0 Å². The Labute approximate surface area is 139 Å². The van der Waals surface area contributed by atoms with Gasteiger partial charge in [0, 0.05) is 25.5 Å². The van der Waals surface area contributed by atoms with Crippen molar-refractivity contribution in [1.29, 1.82) is 0 Å². The predicted molar refractivity (Wildman–Crippen MR) is 89.2 cm³/mol. The minimum Gasteiger partial charge on any atom is -0.355 e. The van der Waals surface area contributed by atoms with Crippen LogP contribution in [0.15, 0.2) is 12.4 Å². The molecule has 1 aromatic heterocycles. The number of nitrogens with one attached hydrogen (secondary N) is 2. The molecular formula is C14H26Cl2N4O. The maximum Gasteiger partial charge on any atom is 0.233 e. The van der Waals surface area contributed by atoms with Crippen LogP contribution in [0, 0.1) is 18.8 Å². The Morgan fingerprint density at radius 2 is 2.19 bits per heavy atom. The van der Waals surface area contributed by atoms with Crippen molar-refractivity contribution < 1.29 is 4.79 Å². The summed E-state index contributed by atoms with van der Waals surface area (Å²) in [6.07, 6.45) is 6.42. The van der Waals surface area contributed by atoms with E-state index >= 15 is 0 Å². The minimum absolute atomic E-state index is 0. The summed E-state index contributed by atoms with van der Waals surface area (Å²) in [6.45, 7) is 7.15. The summed E-state index contributed by atoms with van der Waals surface area (Å²) in [5, 5.41) is 6.17. The number of amides is 1. The molecule has 1 heterocycles.